The molecular formula is C24H31Cl2N5O7. The van der Waals surface area contributed by atoms with Crippen LogP contribution in [-0.2, 0) is 24.0 Å². The second kappa shape index (κ2) is 13.3. The number of carbonyl (C=O) groups is 5. The number of imide groups is 1. The number of nitrogens with zero attached hydrogens (tertiary/aromatic N) is 1. The summed E-state index contributed by atoms with van der Waals surface area (Å²) in [4.78, 5) is 66.3. The Morgan fingerprint density at radius 3 is 2.13 bits per heavy atom. The summed E-state index contributed by atoms with van der Waals surface area (Å²) in [5, 5.41) is 28.0. The molecule has 14 heteroatoms. The maximum absolute atomic E-state index is 13.3. The molecule has 2 aliphatic rings. The largest absolute Gasteiger partial charge is 0.394 e. The van der Waals surface area contributed by atoms with Crippen LogP contribution in [-0.4, -0.2) is 99.3 Å². The summed E-state index contributed by atoms with van der Waals surface area (Å²) < 4.78 is 0. The number of fused-ring (bicyclic) bond motifs is 1. The molecule has 12 nitrogen and oxygen atoms in total. The van der Waals surface area contributed by atoms with E-state index >= 15 is 0 Å². The number of nitrogens with one attached hydrogen (secondary N) is 4. The van der Waals surface area contributed by atoms with Gasteiger partial charge in [0.25, 0.3) is 0 Å². The molecule has 0 saturated carbocycles. The number of halogens is 2. The lowest BCUT2D eigenvalue weighted by Crippen LogP contribution is -2.60. The number of alkyl halides is 2. The van der Waals surface area contributed by atoms with Gasteiger partial charge in [-0.05, 0) is 12.0 Å². The van der Waals surface area contributed by atoms with Crippen LogP contribution in [0.25, 0.3) is 0 Å². The predicted molar refractivity (Wildman–Crippen MR) is 137 cm³/mol. The number of carbonyl (C=O) groups excluding carboxylic acids is 5. The summed E-state index contributed by atoms with van der Waals surface area (Å²) in [5.74, 6) is -3.90. The number of hydrogen-bond acceptors (Lipinski definition) is 8. The summed E-state index contributed by atoms with van der Waals surface area (Å²) in [5.41, 5.74) is 0.599. The van der Waals surface area contributed by atoms with Crippen LogP contribution < -0.4 is 21.3 Å². The van der Waals surface area contributed by atoms with Gasteiger partial charge in [0.15, 0.2) is 0 Å². The molecule has 1 aromatic rings. The molecule has 0 aromatic heterocycles. The Hall–Kier alpha value is -2.77. The van der Waals surface area contributed by atoms with Gasteiger partial charge in [0, 0.05) is 19.0 Å². The minimum absolute atomic E-state index is 0.0992. The fourth-order valence-corrected chi connectivity index (χ4v) is 5.04. The van der Waals surface area contributed by atoms with Gasteiger partial charge in [0.2, 0.25) is 29.5 Å². The highest BCUT2D eigenvalue weighted by molar-refractivity contribution is 6.32. The smallest absolute Gasteiger partial charge is 0.249 e. The van der Waals surface area contributed by atoms with E-state index in [2.05, 4.69) is 21.3 Å². The maximum atomic E-state index is 13.3. The molecule has 0 aliphatic carbocycles. The van der Waals surface area contributed by atoms with Gasteiger partial charge < -0.3 is 25.7 Å². The zero-order valence-electron chi connectivity index (χ0n) is 20.6. The third kappa shape index (κ3) is 6.80. The van der Waals surface area contributed by atoms with Crippen LogP contribution in [0.3, 0.4) is 0 Å². The topological polar surface area (TPSA) is 177 Å². The van der Waals surface area contributed by atoms with Crippen LogP contribution >= 0.6 is 23.2 Å². The van der Waals surface area contributed by atoms with E-state index in [0.29, 0.717) is 5.56 Å². The quantitative estimate of drug-likeness (QED) is 0.187. The molecule has 0 bridgehead atoms. The average molecular weight is 572 g/mol. The van der Waals surface area contributed by atoms with Crippen LogP contribution in [0, 0.1) is 0 Å². The maximum Gasteiger partial charge on any atom is 0.249 e. The number of benzene rings is 1. The normalized spacial score (nSPS) is 31.9. The van der Waals surface area contributed by atoms with Crippen molar-refractivity contribution in [2.24, 2.45) is 0 Å². The van der Waals surface area contributed by atoms with E-state index in [1.165, 1.54) is 0 Å². The van der Waals surface area contributed by atoms with Crippen molar-refractivity contribution >= 4 is 52.7 Å². The molecule has 1 aromatic carbocycles. The molecule has 2 aliphatic heterocycles. The number of amides is 5. The second-order valence-electron chi connectivity index (χ2n) is 9.09. The first-order valence-electron chi connectivity index (χ1n) is 12.2. The summed E-state index contributed by atoms with van der Waals surface area (Å²) in [7, 11) is 0. The standard InChI is InChI=1S/C24H31Cl2N5O7/c1-2-14-21(35)30-22(36)16(10-32)27-15(12-6-4-3-5-7-12)8-18(34)28-17(11-33)24(38)31-9-13(25)19(26)20(31)23(37)29-14/h3-7,13-17,19-20,27,32-33H,2,8-11H2,1H3,(H,28,34)(H,29,37)(H,30,35,36)/t13?,14-,15+,16-,17-,19?,20-/m0/s1. The van der Waals surface area contributed by atoms with Gasteiger partial charge in [-0.15, -0.1) is 23.2 Å². The van der Waals surface area contributed by atoms with Crippen LogP contribution in [0.1, 0.15) is 31.4 Å². The molecule has 5 amide bonds. The van der Waals surface area contributed by atoms with Crippen molar-refractivity contribution in [1.82, 2.24) is 26.2 Å². The monoisotopic (exact) mass is 571 g/mol. The Morgan fingerprint density at radius 2 is 1.53 bits per heavy atom. The zero-order valence-corrected chi connectivity index (χ0v) is 22.1. The second-order valence-corrected chi connectivity index (χ2v) is 10.2. The minimum Gasteiger partial charge on any atom is -0.394 e. The summed E-state index contributed by atoms with van der Waals surface area (Å²) in [6.45, 7) is 0.00830. The molecule has 2 heterocycles. The Kier molecular flexibility index (Phi) is 10.5. The highest BCUT2D eigenvalue weighted by atomic mass is 35.5. The van der Waals surface area contributed by atoms with E-state index in [9.17, 15) is 34.2 Å². The van der Waals surface area contributed by atoms with Crippen LogP contribution in [0.2, 0.25) is 0 Å². The van der Waals surface area contributed by atoms with E-state index < -0.39 is 83.7 Å². The van der Waals surface area contributed by atoms with Crippen LogP contribution in [0.5, 0.6) is 0 Å². The Morgan fingerprint density at radius 1 is 0.895 bits per heavy atom. The Bertz CT molecular complexity index is 1050. The average Bonchev–Trinajstić information content (AvgIpc) is 3.21. The van der Waals surface area contributed by atoms with Crippen LogP contribution in [0.15, 0.2) is 30.3 Å². The van der Waals surface area contributed by atoms with Gasteiger partial charge in [-0.25, -0.2) is 0 Å². The molecular weight excluding hydrogens is 541 g/mol. The van der Waals surface area contributed by atoms with Gasteiger partial charge in [0.05, 0.1) is 24.0 Å². The van der Waals surface area contributed by atoms with Crippen molar-refractivity contribution in [2.45, 2.75) is 60.7 Å². The highest BCUT2D eigenvalue weighted by Gasteiger charge is 2.48. The van der Waals surface area contributed by atoms with Crippen molar-refractivity contribution in [3.05, 3.63) is 35.9 Å². The van der Waals surface area contributed by atoms with Gasteiger partial charge in [0.1, 0.15) is 24.2 Å². The molecule has 2 saturated heterocycles. The lowest BCUT2D eigenvalue weighted by atomic mass is 10.0. The van der Waals surface area contributed by atoms with Gasteiger partial charge in [-0.3, -0.25) is 34.6 Å². The number of aliphatic hydroxyl groups is 2. The van der Waals surface area contributed by atoms with E-state index in [1.54, 1.807) is 37.3 Å². The molecule has 0 spiro atoms. The molecule has 3 rings (SSSR count). The van der Waals surface area contributed by atoms with Crippen molar-refractivity contribution in [3.63, 3.8) is 0 Å². The van der Waals surface area contributed by atoms with E-state index in [0.717, 1.165) is 4.90 Å². The van der Waals surface area contributed by atoms with Crippen molar-refractivity contribution in [1.29, 1.82) is 0 Å². The van der Waals surface area contributed by atoms with Crippen molar-refractivity contribution < 1.29 is 34.2 Å². The first kappa shape index (κ1) is 29.8. The SMILES string of the molecule is CC[C@@H]1NC(=O)[C@@H]2C(Cl)C(Cl)CN2C(=O)[C@H](CO)NC(=O)C[C@H](c2ccccc2)N[C@@H](CO)C(=O)NC1=O. The van der Waals surface area contributed by atoms with Crippen LogP contribution in [0.4, 0.5) is 0 Å². The molecule has 6 N–H and O–H groups in total. The first-order valence-corrected chi connectivity index (χ1v) is 13.0. The molecule has 38 heavy (non-hydrogen) atoms. The van der Waals surface area contributed by atoms with Gasteiger partial charge >= 0.3 is 0 Å². The molecule has 2 unspecified atom stereocenters. The molecule has 7 atom stereocenters. The third-order valence-corrected chi connectivity index (χ3v) is 7.58. The number of rotatable bonds is 4. The van der Waals surface area contributed by atoms with Gasteiger partial charge in [-0.1, -0.05) is 37.3 Å². The third-order valence-electron chi connectivity index (χ3n) is 6.50. The number of aliphatic hydroxyl groups excluding tert-OH is 2. The van der Waals surface area contributed by atoms with Crippen molar-refractivity contribution in [2.75, 3.05) is 19.8 Å². The van der Waals surface area contributed by atoms with Gasteiger partial charge in [-0.2, -0.15) is 0 Å². The van der Waals surface area contributed by atoms with E-state index in [4.69, 9.17) is 23.2 Å². The highest BCUT2D eigenvalue weighted by Crippen LogP contribution is 2.29. The zero-order chi connectivity index (χ0) is 28.0. The lowest BCUT2D eigenvalue weighted by molar-refractivity contribution is -0.143. The minimum atomic E-state index is -1.41. The summed E-state index contributed by atoms with van der Waals surface area (Å²) in [6, 6.07) is 2.64. The first-order chi connectivity index (χ1) is 18.1. The fraction of sp³-hybridized carbons (Fsp3) is 0.542. The summed E-state index contributed by atoms with van der Waals surface area (Å²) in [6.07, 6.45) is -0.189. The van der Waals surface area contributed by atoms with Crippen molar-refractivity contribution in [3.8, 4) is 0 Å². The number of hydrogen-bond donors (Lipinski definition) is 6. The molecule has 208 valence electrons. The Balaban J connectivity index is 2.00. The fourth-order valence-electron chi connectivity index (χ4n) is 4.43. The Labute approximate surface area is 229 Å². The molecule has 0 radical (unpaired) electrons. The van der Waals surface area contributed by atoms with E-state index in [-0.39, 0.29) is 19.4 Å². The van der Waals surface area contributed by atoms with E-state index in [1.807, 2.05) is 0 Å². The lowest BCUT2D eigenvalue weighted by Gasteiger charge is -2.31. The predicted octanol–water partition coefficient (Wildman–Crippen LogP) is -1.48. The molecule has 2 fully saturated rings. The summed E-state index contributed by atoms with van der Waals surface area (Å²) >= 11 is 12.6.